The van der Waals surface area contributed by atoms with Crippen molar-refractivity contribution in [2.24, 2.45) is 11.1 Å². The molecule has 2 nitrogen and oxygen atoms in total. The van der Waals surface area contributed by atoms with Crippen molar-refractivity contribution in [1.29, 1.82) is 0 Å². The molecule has 0 saturated carbocycles. The van der Waals surface area contributed by atoms with Gasteiger partial charge in [-0.15, -0.1) is 0 Å². The predicted molar refractivity (Wildman–Crippen MR) is 68.6 cm³/mol. The summed E-state index contributed by atoms with van der Waals surface area (Å²) in [5.74, 6) is 0.916. The van der Waals surface area contributed by atoms with E-state index in [1.165, 1.54) is 0 Å². The SMILES string of the molecule is CC(N)c1cccc(OCCC(C)(C)C)c1. The molecule has 1 aromatic rings. The lowest BCUT2D eigenvalue weighted by Crippen LogP contribution is -2.11. The summed E-state index contributed by atoms with van der Waals surface area (Å²) >= 11 is 0. The topological polar surface area (TPSA) is 35.2 Å². The number of rotatable bonds is 4. The molecule has 0 saturated heterocycles. The highest BCUT2D eigenvalue weighted by atomic mass is 16.5. The van der Waals surface area contributed by atoms with E-state index in [9.17, 15) is 0 Å². The van der Waals surface area contributed by atoms with Gasteiger partial charge in [0.25, 0.3) is 0 Å². The molecule has 0 spiro atoms. The lowest BCUT2D eigenvalue weighted by Gasteiger charge is -2.18. The number of hydrogen-bond acceptors (Lipinski definition) is 2. The summed E-state index contributed by atoms with van der Waals surface area (Å²) in [4.78, 5) is 0. The van der Waals surface area contributed by atoms with E-state index >= 15 is 0 Å². The Kier molecular flexibility index (Phi) is 4.36. The van der Waals surface area contributed by atoms with Gasteiger partial charge in [-0.05, 0) is 36.5 Å². The molecule has 0 heterocycles. The van der Waals surface area contributed by atoms with Crippen LogP contribution in [0.15, 0.2) is 24.3 Å². The molecule has 1 rings (SSSR count). The zero-order valence-corrected chi connectivity index (χ0v) is 10.8. The molecule has 1 unspecified atom stereocenters. The minimum atomic E-state index is 0.0613. The van der Waals surface area contributed by atoms with Gasteiger partial charge in [-0.3, -0.25) is 0 Å². The van der Waals surface area contributed by atoms with Crippen LogP contribution in [0, 0.1) is 5.41 Å². The fourth-order valence-corrected chi connectivity index (χ4v) is 1.36. The van der Waals surface area contributed by atoms with Gasteiger partial charge in [0.2, 0.25) is 0 Å². The predicted octanol–water partition coefficient (Wildman–Crippen LogP) is 3.52. The Labute approximate surface area is 98.8 Å². The molecule has 0 bridgehead atoms. The molecule has 2 N–H and O–H groups in total. The Morgan fingerprint density at radius 3 is 2.56 bits per heavy atom. The molecule has 90 valence electrons. The van der Waals surface area contributed by atoms with Crippen LogP contribution >= 0.6 is 0 Å². The fourth-order valence-electron chi connectivity index (χ4n) is 1.36. The Morgan fingerprint density at radius 1 is 1.31 bits per heavy atom. The normalized spacial score (nSPS) is 13.6. The van der Waals surface area contributed by atoms with Gasteiger partial charge in [0.15, 0.2) is 0 Å². The first-order valence-electron chi connectivity index (χ1n) is 5.87. The van der Waals surface area contributed by atoms with E-state index in [1.807, 2.05) is 31.2 Å². The highest BCUT2D eigenvalue weighted by Crippen LogP contribution is 2.21. The fraction of sp³-hybridized carbons (Fsp3) is 0.571. The van der Waals surface area contributed by atoms with Crippen molar-refractivity contribution in [1.82, 2.24) is 0 Å². The van der Waals surface area contributed by atoms with Crippen molar-refractivity contribution >= 4 is 0 Å². The van der Waals surface area contributed by atoms with Gasteiger partial charge in [-0.2, -0.15) is 0 Å². The van der Waals surface area contributed by atoms with Crippen molar-refractivity contribution in [3.05, 3.63) is 29.8 Å². The van der Waals surface area contributed by atoms with Crippen molar-refractivity contribution in [2.45, 2.75) is 40.2 Å². The molecule has 0 aliphatic carbocycles. The molecule has 0 aromatic heterocycles. The molecule has 0 radical (unpaired) electrons. The highest BCUT2D eigenvalue weighted by molar-refractivity contribution is 5.30. The second kappa shape index (κ2) is 5.35. The summed E-state index contributed by atoms with van der Waals surface area (Å²) < 4.78 is 5.72. The molecule has 0 aliphatic heterocycles. The van der Waals surface area contributed by atoms with Crippen LogP contribution in [-0.4, -0.2) is 6.61 Å². The molecule has 1 atom stereocenters. The van der Waals surface area contributed by atoms with Crippen LogP contribution in [-0.2, 0) is 0 Å². The van der Waals surface area contributed by atoms with Crippen molar-refractivity contribution < 1.29 is 4.74 Å². The third-order valence-corrected chi connectivity index (χ3v) is 2.50. The molecule has 16 heavy (non-hydrogen) atoms. The van der Waals surface area contributed by atoms with E-state index < -0.39 is 0 Å². The average molecular weight is 221 g/mol. The van der Waals surface area contributed by atoms with Crippen LogP contribution in [0.5, 0.6) is 5.75 Å². The monoisotopic (exact) mass is 221 g/mol. The minimum absolute atomic E-state index is 0.0613. The number of hydrogen-bond donors (Lipinski definition) is 1. The number of nitrogens with two attached hydrogens (primary N) is 1. The average Bonchev–Trinajstić information content (AvgIpc) is 2.16. The third-order valence-electron chi connectivity index (χ3n) is 2.50. The number of ether oxygens (including phenoxy) is 1. The van der Waals surface area contributed by atoms with Crippen LogP contribution in [0.1, 0.15) is 45.7 Å². The first-order valence-corrected chi connectivity index (χ1v) is 5.87. The second-order valence-electron chi connectivity index (χ2n) is 5.52. The zero-order chi connectivity index (χ0) is 12.2. The Morgan fingerprint density at radius 2 is 2.00 bits per heavy atom. The van der Waals surface area contributed by atoms with Gasteiger partial charge in [0.05, 0.1) is 6.61 Å². The molecule has 1 aromatic carbocycles. The molecule has 2 heteroatoms. The van der Waals surface area contributed by atoms with Crippen molar-refractivity contribution in [2.75, 3.05) is 6.61 Å². The zero-order valence-electron chi connectivity index (χ0n) is 10.8. The van der Waals surface area contributed by atoms with Gasteiger partial charge < -0.3 is 10.5 Å². The van der Waals surface area contributed by atoms with Crippen LogP contribution in [0.4, 0.5) is 0 Å². The lowest BCUT2D eigenvalue weighted by molar-refractivity contribution is 0.243. The van der Waals surface area contributed by atoms with Gasteiger partial charge >= 0.3 is 0 Å². The van der Waals surface area contributed by atoms with E-state index in [-0.39, 0.29) is 6.04 Å². The summed E-state index contributed by atoms with van der Waals surface area (Å²) in [6.45, 7) is 9.39. The second-order valence-corrected chi connectivity index (χ2v) is 5.52. The van der Waals surface area contributed by atoms with Crippen LogP contribution in [0.25, 0.3) is 0 Å². The largest absolute Gasteiger partial charge is 0.494 e. The maximum atomic E-state index is 5.82. The van der Waals surface area contributed by atoms with E-state index in [1.54, 1.807) is 0 Å². The van der Waals surface area contributed by atoms with E-state index in [0.717, 1.165) is 24.3 Å². The van der Waals surface area contributed by atoms with E-state index in [0.29, 0.717) is 5.41 Å². The number of benzene rings is 1. The first-order chi connectivity index (χ1) is 7.38. The van der Waals surface area contributed by atoms with Crippen LogP contribution in [0.2, 0.25) is 0 Å². The van der Waals surface area contributed by atoms with Gasteiger partial charge in [-0.25, -0.2) is 0 Å². The van der Waals surface area contributed by atoms with E-state index in [4.69, 9.17) is 10.5 Å². The van der Waals surface area contributed by atoms with Crippen LogP contribution < -0.4 is 10.5 Å². The van der Waals surface area contributed by atoms with E-state index in [2.05, 4.69) is 20.8 Å². The van der Waals surface area contributed by atoms with Gasteiger partial charge in [-0.1, -0.05) is 32.9 Å². The summed E-state index contributed by atoms with van der Waals surface area (Å²) in [5.41, 5.74) is 7.26. The summed E-state index contributed by atoms with van der Waals surface area (Å²) in [6, 6.07) is 8.08. The third kappa shape index (κ3) is 4.67. The Hall–Kier alpha value is -1.02. The van der Waals surface area contributed by atoms with Gasteiger partial charge in [0.1, 0.15) is 5.75 Å². The van der Waals surface area contributed by atoms with Crippen LogP contribution in [0.3, 0.4) is 0 Å². The molecule has 0 amide bonds. The standard InChI is InChI=1S/C14H23NO/c1-11(15)12-6-5-7-13(10-12)16-9-8-14(2,3)4/h5-7,10-11H,8-9,15H2,1-4H3. The Bertz CT molecular complexity index is 326. The summed E-state index contributed by atoms with van der Waals surface area (Å²) in [6.07, 6.45) is 1.05. The van der Waals surface area contributed by atoms with Crippen molar-refractivity contribution in [3.8, 4) is 5.75 Å². The molecular weight excluding hydrogens is 198 g/mol. The quantitative estimate of drug-likeness (QED) is 0.844. The maximum absolute atomic E-state index is 5.82. The van der Waals surface area contributed by atoms with Crippen molar-refractivity contribution in [3.63, 3.8) is 0 Å². The van der Waals surface area contributed by atoms with Gasteiger partial charge in [0, 0.05) is 6.04 Å². The summed E-state index contributed by atoms with van der Waals surface area (Å²) in [7, 11) is 0. The molecule has 0 fully saturated rings. The smallest absolute Gasteiger partial charge is 0.119 e. The highest BCUT2D eigenvalue weighted by Gasteiger charge is 2.10. The first kappa shape index (κ1) is 13.0. The summed E-state index contributed by atoms with van der Waals surface area (Å²) in [5, 5.41) is 0. The molecule has 0 aliphatic rings. The lowest BCUT2D eigenvalue weighted by atomic mass is 9.93. The molecular formula is C14H23NO. The minimum Gasteiger partial charge on any atom is -0.494 e. The maximum Gasteiger partial charge on any atom is 0.119 e. The Balaban J connectivity index is 2.51.